The van der Waals surface area contributed by atoms with Crippen LogP contribution in [-0.2, 0) is 17.6 Å². The van der Waals surface area contributed by atoms with Crippen LogP contribution in [0, 0.1) is 0 Å². The van der Waals surface area contributed by atoms with Gasteiger partial charge in [0.1, 0.15) is 4.60 Å². The molecule has 2 rings (SSSR count). The molecule has 2 heterocycles. The minimum absolute atomic E-state index is 0.807. The first-order chi connectivity index (χ1) is 5.38. The van der Waals surface area contributed by atoms with Crippen LogP contribution in [0.5, 0.6) is 0 Å². The second kappa shape index (κ2) is 2.95. The lowest BCUT2D eigenvalue weighted by Crippen LogP contribution is -1.96. The summed E-state index contributed by atoms with van der Waals surface area (Å²) in [6, 6.07) is 0. The van der Waals surface area contributed by atoms with Crippen molar-refractivity contribution < 1.29 is 4.74 Å². The minimum Gasteiger partial charge on any atom is -0.381 e. The highest BCUT2D eigenvalue weighted by Crippen LogP contribution is 2.20. The fraction of sp³-hybridized carbons (Fsp3) is 0.571. The van der Waals surface area contributed by atoms with E-state index in [9.17, 15) is 0 Å². The Morgan fingerprint density at radius 3 is 3.09 bits per heavy atom. The van der Waals surface area contributed by atoms with Crippen molar-refractivity contribution in [3.05, 3.63) is 15.9 Å². The van der Waals surface area contributed by atoms with Crippen LogP contribution >= 0.6 is 15.9 Å². The van der Waals surface area contributed by atoms with Crippen molar-refractivity contribution in [2.75, 3.05) is 13.2 Å². The summed E-state index contributed by atoms with van der Waals surface area (Å²) in [6.45, 7) is 1.62. The van der Waals surface area contributed by atoms with E-state index in [1.54, 1.807) is 0 Å². The zero-order valence-electron chi connectivity index (χ0n) is 6.06. The highest BCUT2D eigenvalue weighted by atomic mass is 79.9. The summed E-state index contributed by atoms with van der Waals surface area (Å²) in [4.78, 5) is 0. The van der Waals surface area contributed by atoms with Gasteiger partial charge in [0.15, 0.2) is 0 Å². The maximum absolute atomic E-state index is 5.32. The van der Waals surface area contributed by atoms with E-state index in [4.69, 9.17) is 4.74 Å². The topological polar surface area (TPSA) is 37.9 Å². The molecule has 0 aliphatic carbocycles. The third-order valence-corrected chi connectivity index (χ3v) is 2.55. The third kappa shape index (κ3) is 1.32. The quantitative estimate of drug-likeness (QED) is 0.710. The number of nitrogens with zero attached hydrogens (tertiary/aromatic N) is 1. The van der Waals surface area contributed by atoms with Crippen LogP contribution in [0.2, 0.25) is 0 Å². The number of fused-ring (bicyclic) bond motifs is 1. The maximum atomic E-state index is 5.32. The van der Waals surface area contributed by atoms with Gasteiger partial charge in [-0.1, -0.05) is 0 Å². The van der Waals surface area contributed by atoms with Gasteiger partial charge in [-0.05, 0) is 15.9 Å². The smallest absolute Gasteiger partial charge is 0.131 e. The molecule has 0 atom stereocenters. The Bertz CT molecular complexity index is 259. The first kappa shape index (κ1) is 7.31. The summed E-state index contributed by atoms with van der Waals surface area (Å²) in [6.07, 6.45) is 1.92. The monoisotopic (exact) mass is 216 g/mol. The van der Waals surface area contributed by atoms with Crippen LogP contribution in [0.3, 0.4) is 0 Å². The van der Waals surface area contributed by atoms with E-state index >= 15 is 0 Å². The molecule has 0 bridgehead atoms. The molecule has 0 amide bonds. The van der Waals surface area contributed by atoms with Crippen molar-refractivity contribution in [2.24, 2.45) is 0 Å². The second-order valence-corrected chi connectivity index (χ2v) is 3.34. The Morgan fingerprint density at radius 1 is 1.36 bits per heavy atom. The van der Waals surface area contributed by atoms with E-state index in [1.807, 2.05) is 0 Å². The molecule has 0 radical (unpaired) electrons. The predicted molar refractivity (Wildman–Crippen MR) is 44.5 cm³/mol. The zero-order chi connectivity index (χ0) is 7.68. The van der Waals surface area contributed by atoms with E-state index in [0.717, 1.165) is 30.7 Å². The van der Waals surface area contributed by atoms with E-state index in [0.29, 0.717) is 0 Å². The van der Waals surface area contributed by atoms with Gasteiger partial charge >= 0.3 is 0 Å². The van der Waals surface area contributed by atoms with Gasteiger partial charge in [0.25, 0.3) is 0 Å². The third-order valence-electron chi connectivity index (χ3n) is 1.90. The van der Waals surface area contributed by atoms with E-state index in [-0.39, 0.29) is 0 Å². The fourth-order valence-electron chi connectivity index (χ4n) is 1.29. The number of hydrogen-bond acceptors (Lipinski definition) is 2. The molecule has 0 saturated carbocycles. The molecule has 11 heavy (non-hydrogen) atoms. The van der Waals surface area contributed by atoms with Gasteiger partial charge in [0.05, 0.1) is 13.2 Å². The van der Waals surface area contributed by atoms with Crippen LogP contribution in [0.25, 0.3) is 0 Å². The summed E-state index contributed by atoms with van der Waals surface area (Å²) < 4.78 is 6.26. The lowest BCUT2D eigenvalue weighted by atomic mass is 10.2. The van der Waals surface area contributed by atoms with Gasteiger partial charge in [-0.2, -0.15) is 5.10 Å². The number of rotatable bonds is 0. The molecular formula is C7H9BrN2O. The standard InChI is InChI=1S/C7H9BrN2O/c8-7-5-1-3-11-4-2-6(5)9-10-7/h1-4H2,(H,9,10). The number of aromatic nitrogens is 2. The SMILES string of the molecule is Brc1n[nH]c2c1CCOCC2. The van der Waals surface area contributed by atoms with Crippen molar-refractivity contribution in [3.8, 4) is 0 Å². The summed E-state index contributed by atoms with van der Waals surface area (Å²) in [5.41, 5.74) is 2.50. The highest BCUT2D eigenvalue weighted by molar-refractivity contribution is 9.10. The molecule has 3 nitrogen and oxygen atoms in total. The summed E-state index contributed by atoms with van der Waals surface area (Å²) in [5, 5.41) is 7.07. The summed E-state index contributed by atoms with van der Waals surface area (Å²) in [5.74, 6) is 0. The lowest BCUT2D eigenvalue weighted by molar-refractivity contribution is 0.146. The van der Waals surface area contributed by atoms with Crippen molar-refractivity contribution in [2.45, 2.75) is 12.8 Å². The zero-order valence-corrected chi connectivity index (χ0v) is 7.65. The average Bonchev–Trinajstić information content (AvgIpc) is 2.25. The van der Waals surface area contributed by atoms with Crippen LogP contribution in [0.4, 0.5) is 0 Å². The number of aromatic amines is 1. The molecule has 0 unspecified atom stereocenters. The van der Waals surface area contributed by atoms with Crippen molar-refractivity contribution in [3.63, 3.8) is 0 Å². The number of hydrogen-bond donors (Lipinski definition) is 1. The molecule has 0 saturated heterocycles. The first-order valence-electron chi connectivity index (χ1n) is 3.67. The number of nitrogens with one attached hydrogen (secondary N) is 1. The van der Waals surface area contributed by atoms with Gasteiger partial charge < -0.3 is 4.74 Å². The molecule has 1 aliphatic heterocycles. The van der Waals surface area contributed by atoms with Crippen molar-refractivity contribution in [1.29, 1.82) is 0 Å². The summed E-state index contributed by atoms with van der Waals surface area (Å²) in [7, 11) is 0. The van der Waals surface area contributed by atoms with Crippen molar-refractivity contribution in [1.82, 2.24) is 10.2 Å². The Kier molecular flexibility index (Phi) is 1.96. The largest absolute Gasteiger partial charge is 0.381 e. The molecule has 1 N–H and O–H groups in total. The molecule has 1 aromatic rings. The number of ether oxygens (including phenoxy) is 1. The van der Waals surface area contributed by atoms with Gasteiger partial charge in [-0.15, -0.1) is 0 Å². The van der Waals surface area contributed by atoms with Crippen LogP contribution in [-0.4, -0.2) is 23.4 Å². The lowest BCUT2D eigenvalue weighted by Gasteiger charge is -1.94. The molecular weight excluding hydrogens is 208 g/mol. The average molecular weight is 217 g/mol. The molecule has 4 heteroatoms. The van der Waals surface area contributed by atoms with Gasteiger partial charge in [-0.3, -0.25) is 5.10 Å². The molecule has 60 valence electrons. The molecule has 0 fully saturated rings. The Balaban J connectivity index is 2.35. The normalized spacial score (nSPS) is 17.5. The van der Waals surface area contributed by atoms with Gasteiger partial charge in [0.2, 0.25) is 0 Å². The molecule has 1 aliphatic rings. The molecule has 1 aromatic heterocycles. The van der Waals surface area contributed by atoms with Gasteiger partial charge in [-0.25, -0.2) is 0 Å². The van der Waals surface area contributed by atoms with E-state index in [1.165, 1.54) is 11.3 Å². The number of H-pyrrole nitrogens is 1. The predicted octanol–water partition coefficient (Wildman–Crippen LogP) is 1.29. The van der Waals surface area contributed by atoms with E-state index < -0.39 is 0 Å². The van der Waals surface area contributed by atoms with E-state index in [2.05, 4.69) is 26.1 Å². The highest BCUT2D eigenvalue weighted by Gasteiger charge is 2.13. The molecule has 0 spiro atoms. The Morgan fingerprint density at radius 2 is 2.18 bits per heavy atom. The minimum atomic E-state index is 0.807. The Labute approximate surface area is 73.3 Å². The van der Waals surface area contributed by atoms with Crippen LogP contribution in [0.15, 0.2) is 4.60 Å². The molecule has 0 aromatic carbocycles. The first-order valence-corrected chi connectivity index (χ1v) is 4.46. The summed E-state index contributed by atoms with van der Waals surface area (Å²) >= 11 is 3.39. The van der Waals surface area contributed by atoms with Crippen LogP contribution < -0.4 is 0 Å². The van der Waals surface area contributed by atoms with Crippen molar-refractivity contribution >= 4 is 15.9 Å². The van der Waals surface area contributed by atoms with Crippen LogP contribution in [0.1, 0.15) is 11.3 Å². The second-order valence-electron chi connectivity index (χ2n) is 2.58. The number of halogens is 1. The van der Waals surface area contributed by atoms with Gasteiger partial charge in [0, 0.05) is 24.1 Å². The fourth-order valence-corrected chi connectivity index (χ4v) is 1.81. The Hall–Kier alpha value is -0.350. The maximum Gasteiger partial charge on any atom is 0.131 e.